The second-order valence-electron chi connectivity index (χ2n) is 5.39. The minimum Gasteiger partial charge on any atom is -0.384 e. The first-order valence-electron chi connectivity index (χ1n) is 6.10. The van der Waals surface area contributed by atoms with Crippen LogP contribution in [0.5, 0.6) is 0 Å². The van der Waals surface area contributed by atoms with Crippen molar-refractivity contribution in [2.75, 3.05) is 11.9 Å². The Hall–Kier alpha value is -1.10. The number of hydrogen-bond acceptors (Lipinski definition) is 3. The van der Waals surface area contributed by atoms with Crippen molar-refractivity contribution in [3.63, 3.8) is 0 Å². The van der Waals surface area contributed by atoms with Gasteiger partial charge in [0.2, 0.25) is 0 Å². The molecule has 2 rings (SSSR count). The Labute approximate surface area is 115 Å². The minimum atomic E-state index is -0.350. The smallest absolute Gasteiger partial charge is 0.273 e. The molecule has 18 heavy (non-hydrogen) atoms. The fourth-order valence-electron chi connectivity index (χ4n) is 2.27. The zero-order valence-electron chi connectivity index (χ0n) is 10.6. The van der Waals surface area contributed by atoms with Crippen LogP contribution >= 0.6 is 15.9 Å². The van der Waals surface area contributed by atoms with E-state index in [9.17, 15) is 10.1 Å². The number of aryl methyl sites for hydroxylation is 1. The van der Waals surface area contributed by atoms with Crippen molar-refractivity contribution in [3.05, 3.63) is 32.3 Å². The molecule has 4 nitrogen and oxygen atoms in total. The number of nitro groups is 1. The molecule has 5 heteroatoms. The van der Waals surface area contributed by atoms with Gasteiger partial charge in [0.05, 0.1) is 4.92 Å². The first-order valence-corrected chi connectivity index (χ1v) is 6.89. The summed E-state index contributed by atoms with van der Waals surface area (Å²) in [5.41, 5.74) is 2.16. The molecule has 1 aliphatic carbocycles. The molecule has 1 N–H and O–H groups in total. The van der Waals surface area contributed by atoms with Crippen molar-refractivity contribution in [2.45, 2.75) is 33.1 Å². The number of rotatable bonds is 4. The zero-order valence-corrected chi connectivity index (χ0v) is 12.2. The van der Waals surface area contributed by atoms with Crippen molar-refractivity contribution < 1.29 is 4.92 Å². The van der Waals surface area contributed by atoms with Gasteiger partial charge in [0, 0.05) is 28.3 Å². The summed E-state index contributed by atoms with van der Waals surface area (Å²) >= 11 is 3.39. The molecule has 0 saturated heterocycles. The average Bonchev–Trinajstić information content (AvgIpc) is 2.27. The van der Waals surface area contributed by atoms with Gasteiger partial charge in [-0.05, 0) is 47.2 Å². The van der Waals surface area contributed by atoms with E-state index in [0.717, 1.165) is 16.7 Å². The highest BCUT2D eigenvalue weighted by molar-refractivity contribution is 9.10. The zero-order chi connectivity index (χ0) is 13.3. The summed E-state index contributed by atoms with van der Waals surface area (Å²) in [5, 5.41) is 14.2. The van der Waals surface area contributed by atoms with E-state index in [4.69, 9.17) is 0 Å². The van der Waals surface area contributed by atoms with E-state index in [1.54, 1.807) is 13.0 Å². The number of anilines is 1. The van der Waals surface area contributed by atoms with Crippen molar-refractivity contribution in [3.8, 4) is 0 Å². The van der Waals surface area contributed by atoms with E-state index in [1.165, 1.54) is 19.3 Å². The normalized spacial score (nSPS) is 17.1. The minimum absolute atomic E-state index is 0.155. The van der Waals surface area contributed by atoms with E-state index in [-0.39, 0.29) is 10.6 Å². The van der Waals surface area contributed by atoms with Gasteiger partial charge in [0.25, 0.3) is 5.69 Å². The highest BCUT2D eigenvalue weighted by Gasteiger charge is 2.31. The lowest BCUT2D eigenvalue weighted by molar-refractivity contribution is -0.385. The van der Waals surface area contributed by atoms with Crippen molar-refractivity contribution in [2.24, 2.45) is 5.41 Å². The molecule has 1 aromatic rings. The summed E-state index contributed by atoms with van der Waals surface area (Å²) in [6.07, 6.45) is 3.81. The van der Waals surface area contributed by atoms with E-state index in [1.807, 2.05) is 6.07 Å². The SMILES string of the molecule is Cc1cc(NCC2(C)CCC2)c(Br)cc1[N+](=O)[O-]. The van der Waals surface area contributed by atoms with Gasteiger partial charge in [-0.15, -0.1) is 0 Å². The molecule has 1 aliphatic rings. The molecule has 0 spiro atoms. The molecule has 0 radical (unpaired) electrons. The monoisotopic (exact) mass is 312 g/mol. The highest BCUT2D eigenvalue weighted by atomic mass is 79.9. The Morgan fingerprint density at radius 3 is 2.67 bits per heavy atom. The molecule has 0 atom stereocenters. The lowest BCUT2D eigenvalue weighted by atomic mass is 9.70. The van der Waals surface area contributed by atoms with Crippen LogP contribution in [0.15, 0.2) is 16.6 Å². The third-order valence-corrected chi connectivity index (χ3v) is 4.40. The summed E-state index contributed by atoms with van der Waals surface area (Å²) in [6.45, 7) is 4.96. The Bertz CT molecular complexity index is 484. The average molecular weight is 313 g/mol. The Morgan fingerprint density at radius 1 is 1.50 bits per heavy atom. The summed E-state index contributed by atoms with van der Waals surface area (Å²) in [7, 11) is 0. The van der Waals surface area contributed by atoms with Crippen LogP contribution in [-0.4, -0.2) is 11.5 Å². The maximum atomic E-state index is 10.8. The summed E-state index contributed by atoms with van der Waals surface area (Å²) in [5.74, 6) is 0. The van der Waals surface area contributed by atoms with Crippen LogP contribution in [0.4, 0.5) is 11.4 Å². The van der Waals surface area contributed by atoms with Crippen LogP contribution in [-0.2, 0) is 0 Å². The second kappa shape index (κ2) is 4.88. The number of benzene rings is 1. The Morgan fingerprint density at radius 2 is 2.17 bits per heavy atom. The molecule has 1 fully saturated rings. The standard InChI is InChI=1S/C13H17BrN2O2/c1-9-6-11(10(14)7-12(9)16(17)18)15-8-13(2)4-3-5-13/h6-7,15H,3-5,8H2,1-2H3. The van der Waals surface area contributed by atoms with E-state index < -0.39 is 0 Å². The molecular formula is C13H17BrN2O2. The first kappa shape index (κ1) is 13.3. The topological polar surface area (TPSA) is 55.2 Å². The third kappa shape index (κ3) is 2.66. The van der Waals surface area contributed by atoms with Gasteiger partial charge in [0.15, 0.2) is 0 Å². The molecule has 1 aromatic carbocycles. The van der Waals surface area contributed by atoms with E-state index in [2.05, 4.69) is 28.2 Å². The van der Waals surface area contributed by atoms with Crippen LogP contribution in [0.3, 0.4) is 0 Å². The molecule has 0 amide bonds. The molecular weight excluding hydrogens is 296 g/mol. The van der Waals surface area contributed by atoms with Gasteiger partial charge in [-0.25, -0.2) is 0 Å². The molecule has 0 aromatic heterocycles. The van der Waals surface area contributed by atoms with Crippen LogP contribution in [0.2, 0.25) is 0 Å². The number of nitro benzene ring substituents is 1. The predicted octanol–water partition coefficient (Wildman–Crippen LogP) is 4.27. The molecule has 0 bridgehead atoms. The van der Waals surface area contributed by atoms with Crippen molar-refractivity contribution in [1.29, 1.82) is 0 Å². The van der Waals surface area contributed by atoms with Gasteiger partial charge < -0.3 is 5.32 Å². The van der Waals surface area contributed by atoms with Crippen molar-refractivity contribution >= 4 is 27.3 Å². The quantitative estimate of drug-likeness (QED) is 0.667. The van der Waals surface area contributed by atoms with Gasteiger partial charge in [-0.3, -0.25) is 10.1 Å². The molecule has 98 valence electrons. The fraction of sp³-hybridized carbons (Fsp3) is 0.538. The van der Waals surface area contributed by atoms with Gasteiger partial charge in [0.1, 0.15) is 0 Å². The molecule has 1 saturated carbocycles. The number of nitrogens with one attached hydrogen (secondary N) is 1. The van der Waals surface area contributed by atoms with Crippen LogP contribution in [0.1, 0.15) is 31.7 Å². The number of hydrogen-bond donors (Lipinski definition) is 1. The fourth-order valence-corrected chi connectivity index (χ4v) is 2.74. The van der Waals surface area contributed by atoms with E-state index in [0.29, 0.717) is 11.0 Å². The summed E-state index contributed by atoms with van der Waals surface area (Å²) < 4.78 is 0.753. The van der Waals surface area contributed by atoms with Crippen molar-refractivity contribution in [1.82, 2.24) is 0 Å². The van der Waals surface area contributed by atoms with Crippen LogP contribution < -0.4 is 5.32 Å². The number of halogens is 1. The molecule has 0 unspecified atom stereocenters. The number of nitrogens with zero attached hydrogens (tertiary/aromatic N) is 1. The highest BCUT2D eigenvalue weighted by Crippen LogP contribution is 2.41. The van der Waals surface area contributed by atoms with E-state index >= 15 is 0 Å². The van der Waals surface area contributed by atoms with Gasteiger partial charge in [-0.1, -0.05) is 13.3 Å². The molecule has 0 heterocycles. The van der Waals surface area contributed by atoms with Crippen LogP contribution in [0, 0.1) is 22.5 Å². The largest absolute Gasteiger partial charge is 0.384 e. The summed E-state index contributed by atoms with van der Waals surface area (Å²) in [6, 6.07) is 3.41. The predicted molar refractivity (Wildman–Crippen MR) is 76.0 cm³/mol. The van der Waals surface area contributed by atoms with Crippen LogP contribution in [0.25, 0.3) is 0 Å². The second-order valence-corrected chi connectivity index (χ2v) is 6.25. The van der Waals surface area contributed by atoms with Gasteiger partial charge >= 0.3 is 0 Å². The maximum Gasteiger partial charge on any atom is 0.273 e. The Balaban J connectivity index is 2.13. The van der Waals surface area contributed by atoms with Gasteiger partial charge in [-0.2, -0.15) is 0 Å². The maximum absolute atomic E-state index is 10.8. The Kier molecular flexibility index (Phi) is 3.61. The lowest BCUT2D eigenvalue weighted by Crippen LogP contribution is -2.33. The lowest BCUT2D eigenvalue weighted by Gasteiger charge is -2.38. The first-order chi connectivity index (χ1) is 8.41. The molecule has 0 aliphatic heterocycles. The third-order valence-electron chi connectivity index (χ3n) is 3.75. The summed E-state index contributed by atoms with van der Waals surface area (Å²) in [4.78, 5) is 10.5.